The zero-order valence-corrected chi connectivity index (χ0v) is 14.9. The van der Waals surface area contributed by atoms with Crippen LogP contribution in [-0.4, -0.2) is 39.7 Å². The molecule has 0 spiro atoms. The highest BCUT2D eigenvalue weighted by Gasteiger charge is 2.37. The van der Waals surface area contributed by atoms with Crippen LogP contribution in [0.1, 0.15) is 45.7 Å². The lowest BCUT2D eigenvalue weighted by molar-refractivity contribution is -0.127. The molecule has 1 aromatic rings. The van der Waals surface area contributed by atoms with Crippen LogP contribution in [0.15, 0.2) is 18.2 Å². The third-order valence-corrected chi connectivity index (χ3v) is 3.68. The van der Waals surface area contributed by atoms with Gasteiger partial charge in [0.1, 0.15) is 17.4 Å². The third kappa shape index (κ3) is 4.40. The molecule has 1 heterocycles. The van der Waals surface area contributed by atoms with E-state index in [9.17, 15) is 14.7 Å². The number of hydrogen-bond acceptors (Lipinski definition) is 4. The molecule has 2 rings (SSSR count). The van der Waals surface area contributed by atoms with Gasteiger partial charge < -0.3 is 15.2 Å². The van der Waals surface area contributed by atoms with Gasteiger partial charge in [0.05, 0.1) is 6.54 Å². The number of rotatable bonds is 2. The summed E-state index contributed by atoms with van der Waals surface area (Å²) in [6.07, 6.45) is -0.131. The summed E-state index contributed by atoms with van der Waals surface area (Å²) in [5, 5.41) is 12.5. The average Bonchev–Trinajstić information content (AvgIpc) is 2.43. The Labute approximate surface area is 142 Å². The van der Waals surface area contributed by atoms with Crippen LogP contribution in [0.3, 0.4) is 0 Å². The van der Waals surface area contributed by atoms with Crippen molar-refractivity contribution in [2.75, 3.05) is 0 Å². The van der Waals surface area contributed by atoms with Crippen LogP contribution in [0, 0.1) is 0 Å². The summed E-state index contributed by atoms with van der Waals surface area (Å²) in [5.74, 6) is -0.0578. The molecule has 1 unspecified atom stereocenters. The van der Waals surface area contributed by atoms with Gasteiger partial charge in [0.15, 0.2) is 0 Å². The van der Waals surface area contributed by atoms with Crippen LogP contribution < -0.4 is 5.32 Å². The van der Waals surface area contributed by atoms with Crippen molar-refractivity contribution in [2.45, 2.75) is 65.3 Å². The second kappa shape index (κ2) is 6.71. The van der Waals surface area contributed by atoms with Gasteiger partial charge in [-0.1, -0.05) is 6.07 Å². The number of fused-ring (bicyclic) bond motifs is 1. The molecule has 24 heavy (non-hydrogen) atoms. The molecule has 0 aromatic heterocycles. The standard InChI is InChI=1S/C18H26N2O4/c1-11(2)19-16(22)15-9-12-6-7-14(21)8-13(12)10-20(15)17(23)24-18(3,4)5/h6-8,11,15,21H,9-10H2,1-5H3,(H,19,22). The molecule has 0 bridgehead atoms. The molecule has 0 fully saturated rings. The Morgan fingerprint density at radius 2 is 1.96 bits per heavy atom. The topological polar surface area (TPSA) is 78.9 Å². The second-order valence-electron chi connectivity index (χ2n) is 7.44. The van der Waals surface area contributed by atoms with Crippen LogP contribution in [0.4, 0.5) is 4.79 Å². The maximum Gasteiger partial charge on any atom is 0.411 e. The van der Waals surface area contributed by atoms with Crippen molar-refractivity contribution in [3.63, 3.8) is 0 Å². The van der Waals surface area contributed by atoms with Crippen LogP contribution in [0.2, 0.25) is 0 Å². The van der Waals surface area contributed by atoms with E-state index in [-0.39, 0.29) is 24.2 Å². The van der Waals surface area contributed by atoms with E-state index in [0.717, 1.165) is 11.1 Å². The molecule has 0 saturated carbocycles. The molecule has 0 saturated heterocycles. The molecular formula is C18H26N2O4. The van der Waals surface area contributed by atoms with Gasteiger partial charge in [-0.05, 0) is 57.9 Å². The lowest BCUT2D eigenvalue weighted by Gasteiger charge is -2.37. The number of ether oxygens (including phenoxy) is 1. The Balaban J connectivity index is 2.31. The van der Waals surface area contributed by atoms with E-state index in [1.807, 2.05) is 13.8 Å². The highest BCUT2D eigenvalue weighted by atomic mass is 16.6. The fourth-order valence-corrected chi connectivity index (χ4v) is 2.70. The van der Waals surface area contributed by atoms with E-state index in [0.29, 0.717) is 6.42 Å². The van der Waals surface area contributed by atoms with E-state index in [4.69, 9.17) is 4.74 Å². The molecule has 2 amide bonds. The van der Waals surface area contributed by atoms with Gasteiger partial charge in [-0.3, -0.25) is 9.69 Å². The molecule has 1 atom stereocenters. The van der Waals surface area contributed by atoms with Gasteiger partial charge in [0, 0.05) is 12.5 Å². The van der Waals surface area contributed by atoms with Gasteiger partial charge in [0.2, 0.25) is 5.91 Å². The van der Waals surface area contributed by atoms with E-state index < -0.39 is 17.7 Å². The number of carbonyl (C=O) groups is 2. The fraction of sp³-hybridized carbons (Fsp3) is 0.556. The zero-order valence-electron chi connectivity index (χ0n) is 14.9. The second-order valence-corrected chi connectivity index (χ2v) is 7.44. The molecular weight excluding hydrogens is 308 g/mol. The minimum absolute atomic E-state index is 0.0146. The molecule has 6 heteroatoms. The molecule has 0 radical (unpaired) electrons. The molecule has 1 aromatic carbocycles. The lowest BCUT2D eigenvalue weighted by Crippen LogP contribution is -2.54. The summed E-state index contributed by atoms with van der Waals surface area (Å²) in [5.41, 5.74) is 1.14. The van der Waals surface area contributed by atoms with Gasteiger partial charge in [-0.15, -0.1) is 0 Å². The predicted molar refractivity (Wildman–Crippen MR) is 90.7 cm³/mol. The monoisotopic (exact) mass is 334 g/mol. The van der Waals surface area contributed by atoms with Gasteiger partial charge >= 0.3 is 6.09 Å². The first kappa shape index (κ1) is 18.1. The van der Waals surface area contributed by atoms with E-state index >= 15 is 0 Å². The quantitative estimate of drug-likeness (QED) is 0.871. The zero-order chi connectivity index (χ0) is 18.1. The first-order valence-electron chi connectivity index (χ1n) is 8.17. The molecule has 132 valence electrons. The fourth-order valence-electron chi connectivity index (χ4n) is 2.70. The van der Waals surface area contributed by atoms with Crippen molar-refractivity contribution in [3.05, 3.63) is 29.3 Å². The van der Waals surface area contributed by atoms with Crippen LogP contribution in [-0.2, 0) is 22.5 Å². The highest BCUT2D eigenvalue weighted by molar-refractivity contribution is 5.86. The number of benzene rings is 1. The number of nitrogens with one attached hydrogen (secondary N) is 1. The predicted octanol–water partition coefficient (Wildman–Crippen LogP) is 2.58. The summed E-state index contributed by atoms with van der Waals surface area (Å²) < 4.78 is 5.45. The molecule has 1 aliphatic heterocycles. The lowest BCUT2D eigenvalue weighted by atomic mass is 9.93. The SMILES string of the molecule is CC(C)NC(=O)C1Cc2ccc(O)cc2CN1C(=O)OC(C)(C)C. The van der Waals surface area contributed by atoms with Crippen molar-refractivity contribution in [1.82, 2.24) is 10.2 Å². The maximum absolute atomic E-state index is 12.6. The number of hydrogen-bond donors (Lipinski definition) is 2. The Morgan fingerprint density at radius 1 is 1.29 bits per heavy atom. The number of nitrogens with zero attached hydrogens (tertiary/aromatic N) is 1. The van der Waals surface area contributed by atoms with Crippen molar-refractivity contribution in [3.8, 4) is 5.75 Å². The van der Waals surface area contributed by atoms with E-state index in [1.54, 1.807) is 39.0 Å². The summed E-state index contributed by atoms with van der Waals surface area (Å²) in [6.45, 7) is 9.36. The number of aromatic hydroxyl groups is 1. The Hall–Kier alpha value is -2.24. The van der Waals surface area contributed by atoms with Crippen molar-refractivity contribution in [1.29, 1.82) is 0 Å². The smallest absolute Gasteiger partial charge is 0.411 e. The summed E-state index contributed by atoms with van der Waals surface area (Å²) >= 11 is 0. The molecule has 0 aliphatic carbocycles. The highest BCUT2D eigenvalue weighted by Crippen LogP contribution is 2.28. The number of amides is 2. The van der Waals surface area contributed by atoms with Crippen molar-refractivity contribution in [2.24, 2.45) is 0 Å². The van der Waals surface area contributed by atoms with Crippen LogP contribution in [0.5, 0.6) is 5.75 Å². The summed E-state index contributed by atoms with van der Waals surface area (Å²) in [7, 11) is 0. The normalized spacial score (nSPS) is 17.4. The van der Waals surface area contributed by atoms with Gasteiger partial charge in [0.25, 0.3) is 0 Å². The summed E-state index contributed by atoms with van der Waals surface area (Å²) in [6, 6.07) is 4.38. The largest absolute Gasteiger partial charge is 0.508 e. The van der Waals surface area contributed by atoms with E-state index in [1.165, 1.54) is 4.90 Å². The molecule has 2 N–H and O–H groups in total. The van der Waals surface area contributed by atoms with Gasteiger partial charge in [-0.25, -0.2) is 4.79 Å². The average molecular weight is 334 g/mol. The van der Waals surface area contributed by atoms with E-state index in [2.05, 4.69) is 5.32 Å². The third-order valence-electron chi connectivity index (χ3n) is 3.68. The van der Waals surface area contributed by atoms with Crippen LogP contribution in [0.25, 0.3) is 0 Å². The number of carbonyl (C=O) groups excluding carboxylic acids is 2. The van der Waals surface area contributed by atoms with Crippen molar-refractivity contribution < 1.29 is 19.4 Å². The first-order chi connectivity index (χ1) is 11.1. The summed E-state index contributed by atoms with van der Waals surface area (Å²) in [4.78, 5) is 26.6. The van der Waals surface area contributed by atoms with Crippen molar-refractivity contribution >= 4 is 12.0 Å². The Morgan fingerprint density at radius 3 is 2.54 bits per heavy atom. The first-order valence-corrected chi connectivity index (χ1v) is 8.17. The van der Waals surface area contributed by atoms with Crippen LogP contribution >= 0.6 is 0 Å². The molecule has 6 nitrogen and oxygen atoms in total. The molecule has 1 aliphatic rings. The Bertz CT molecular complexity index is 634. The minimum Gasteiger partial charge on any atom is -0.508 e. The maximum atomic E-state index is 12.6. The minimum atomic E-state index is -0.644. The Kier molecular flexibility index (Phi) is 5.06. The van der Waals surface area contributed by atoms with Gasteiger partial charge in [-0.2, -0.15) is 0 Å². The number of phenols is 1. The number of phenolic OH excluding ortho intramolecular Hbond substituents is 1.